The van der Waals surface area contributed by atoms with Crippen LogP contribution in [0.25, 0.3) is 10.9 Å². The molecule has 0 aliphatic carbocycles. The van der Waals surface area contributed by atoms with Crippen LogP contribution in [0.1, 0.15) is 15.9 Å². The van der Waals surface area contributed by atoms with E-state index in [1.165, 1.54) is 12.3 Å². The number of carboxylic acid groups (broad SMARTS) is 1. The SMILES string of the molecule is O=C(O)c1ccccc1C=NNc1ccc2ccccc2n1. The summed E-state index contributed by atoms with van der Waals surface area (Å²) < 4.78 is 0. The Morgan fingerprint density at radius 1 is 1.05 bits per heavy atom. The van der Waals surface area contributed by atoms with Crippen molar-refractivity contribution in [3.8, 4) is 0 Å². The van der Waals surface area contributed by atoms with E-state index in [4.69, 9.17) is 5.11 Å². The fourth-order valence-electron chi connectivity index (χ4n) is 2.10. The van der Waals surface area contributed by atoms with Gasteiger partial charge in [0.25, 0.3) is 0 Å². The highest BCUT2D eigenvalue weighted by atomic mass is 16.4. The number of aromatic carboxylic acids is 1. The first-order valence-electron chi connectivity index (χ1n) is 6.71. The van der Waals surface area contributed by atoms with Gasteiger partial charge in [-0.1, -0.05) is 36.4 Å². The van der Waals surface area contributed by atoms with Gasteiger partial charge in [-0.25, -0.2) is 9.78 Å². The molecule has 0 spiro atoms. The van der Waals surface area contributed by atoms with Gasteiger partial charge in [-0.05, 0) is 24.3 Å². The summed E-state index contributed by atoms with van der Waals surface area (Å²) >= 11 is 0. The molecule has 0 unspecified atom stereocenters. The molecule has 0 amide bonds. The van der Waals surface area contributed by atoms with E-state index in [2.05, 4.69) is 15.5 Å². The number of carbonyl (C=O) groups is 1. The van der Waals surface area contributed by atoms with Crippen LogP contribution in [0.3, 0.4) is 0 Å². The highest BCUT2D eigenvalue weighted by molar-refractivity contribution is 5.98. The van der Waals surface area contributed by atoms with Gasteiger partial charge in [0.1, 0.15) is 5.82 Å². The highest BCUT2D eigenvalue weighted by Gasteiger charge is 2.06. The number of hydrogen-bond acceptors (Lipinski definition) is 4. The molecule has 22 heavy (non-hydrogen) atoms. The molecule has 0 aliphatic rings. The average molecular weight is 291 g/mol. The van der Waals surface area contributed by atoms with Crippen LogP contribution in [-0.2, 0) is 0 Å². The zero-order valence-corrected chi connectivity index (χ0v) is 11.6. The van der Waals surface area contributed by atoms with Crippen molar-refractivity contribution in [3.63, 3.8) is 0 Å². The summed E-state index contributed by atoms with van der Waals surface area (Å²) in [4.78, 5) is 15.5. The molecule has 2 aromatic carbocycles. The third kappa shape index (κ3) is 2.93. The van der Waals surface area contributed by atoms with Gasteiger partial charge in [0, 0.05) is 10.9 Å². The molecule has 0 saturated heterocycles. The second-order valence-electron chi connectivity index (χ2n) is 4.65. The smallest absolute Gasteiger partial charge is 0.336 e. The van der Waals surface area contributed by atoms with Crippen LogP contribution in [0.5, 0.6) is 0 Å². The molecule has 0 saturated carbocycles. The normalized spacial score (nSPS) is 10.9. The van der Waals surface area contributed by atoms with E-state index in [1.54, 1.807) is 18.2 Å². The zero-order chi connectivity index (χ0) is 15.4. The number of hydrogen-bond donors (Lipinski definition) is 2. The molecule has 1 heterocycles. The Morgan fingerprint density at radius 2 is 1.82 bits per heavy atom. The van der Waals surface area contributed by atoms with Crippen LogP contribution in [-0.4, -0.2) is 22.3 Å². The Balaban J connectivity index is 1.80. The number of fused-ring (bicyclic) bond motifs is 1. The van der Waals surface area contributed by atoms with E-state index in [0.29, 0.717) is 11.4 Å². The Labute approximate surface area is 126 Å². The Bertz CT molecular complexity index is 859. The minimum absolute atomic E-state index is 0.208. The molecule has 5 heteroatoms. The van der Waals surface area contributed by atoms with Gasteiger partial charge in [0.05, 0.1) is 17.3 Å². The lowest BCUT2D eigenvalue weighted by molar-refractivity contribution is 0.0697. The van der Waals surface area contributed by atoms with Crippen LogP contribution >= 0.6 is 0 Å². The first-order valence-corrected chi connectivity index (χ1v) is 6.71. The van der Waals surface area contributed by atoms with Crippen LogP contribution in [0, 0.1) is 0 Å². The van der Waals surface area contributed by atoms with E-state index in [1.807, 2.05) is 36.4 Å². The molecule has 0 radical (unpaired) electrons. The monoisotopic (exact) mass is 291 g/mol. The average Bonchev–Trinajstić information content (AvgIpc) is 2.55. The number of nitrogens with one attached hydrogen (secondary N) is 1. The number of benzene rings is 2. The van der Waals surface area contributed by atoms with Crippen molar-refractivity contribution in [2.45, 2.75) is 0 Å². The quantitative estimate of drug-likeness (QED) is 0.571. The highest BCUT2D eigenvalue weighted by Crippen LogP contribution is 2.14. The molecule has 0 atom stereocenters. The van der Waals surface area contributed by atoms with Crippen molar-refractivity contribution < 1.29 is 9.90 Å². The number of rotatable bonds is 4. The van der Waals surface area contributed by atoms with Gasteiger partial charge in [-0.2, -0.15) is 5.10 Å². The van der Waals surface area contributed by atoms with Crippen molar-refractivity contribution >= 4 is 28.9 Å². The maximum absolute atomic E-state index is 11.1. The standard InChI is InChI=1S/C17H13N3O2/c21-17(22)14-7-3-1-6-13(14)11-18-20-16-10-9-12-5-2-4-8-15(12)19-16/h1-11H,(H,19,20)(H,21,22). The molecule has 3 rings (SSSR count). The van der Waals surface area contributed by atoms with Crippen molar-refractivity contribution in [3.05, 3.63) is 71.8 Å². The topological polar surface area (TPSA) is 74.6 Å². The van der Waals surface area contributed by atoms with Crippen molar-refractivity contribution in [2.24, 2.45) is 5.10 Å². The predicted octanol–water partition coefficient (Wildman–Crippen LogP) is 3.38. The Hall–Kier alpha value is -3.21. The summed E-state index contributed by atoms with van der Waals surface area (Å²) in [5.74, 6) is -0.381. The maximum atomic E-state index is 11.1. The third-order valence-corrected chi connectivity index (χ3v) is 3.17. The lowest BCUT2D eigenvalue weighted by Gasteiger charge is -2.02. The second kappa shape index (κ2) is 6.05. The van der Waals surface area contributed by atoms with E-state index in [9.17, 15) is 4.79 Å². The number of pyridine rings is 1. The Kier molecular flexibility index (Phi) is 3.78. The molecule has 5 nitrogen and oxygen atoms in total. The van der Waals surface area contributed by atoms with Crippen molar-refractivity contribution in [2.75, 3.05) is 5.43 Å². The van der Waals surface area contributed by atoms with Crippen LogP contribution in [0.15, 0.2) is 65.8 Å². The lowest BCUT2D eigenvalue weighted by atomic mass is 10.1. The molecule has 0 bridgehead atoms. The van der Waals surface area contributed by atoms with Crippen LogP contribution in [0.2, 0.25) is 0 Å². The third-order valence-electron chi connectivity index (χ3n) is 3.17. The largest absolute Gasteiger partial charge is 0.478 e. The minimum Gasteiger partial charge on any atom is -0.478 e. The Morgan fingerprint density at radius 3 is 2.68 bits per heavy atom. The summed E-state index contributed by atoms with van der Waals surface area (Å²) in [6.07, 6.45) is 1.47. The van der Waals surface area contributed by atoms with Gasteiger partial charge in [0.15, 0.2) is 0 Å². The second-order valence-corrected chi connectivity index (χ2v) is 4.65. The van der Waals surface area contributed by atoms with Crippen molar-refractivity contribution in [1.29, 1.82) is 0 Å². The first-order chi connectivity index (χ1) is 10.7. The van der Waals surface area contributed by atoms with E-state index in [0.717, 1.165) is 10.9 Å². The van der Waals surface area contributed by atoms with Crippen LogP contribution < -0.4 is 5.43 Å². The first kappa shape index (κ1) is 13.8. The zero-order valence-electron chi connectivity index (χ0n) is 11.6. The molecular weight excluding hydrogens is 278 g/mol. The lowest BCUT2D eigenvalue weighted by Crippen LogP contribution is -2.02. The summed E-state index contributed by atoms with van der Waals surface area (Å²) in [5.41, 5.74) is 4.42. The van der Waals surface area contributed by atoms with Gasteiger partial charge < -0.3 is 5.11 Å². The number of nitrogens with zero attached hydrogens (tertiary/aromatic N) is 2. The van der Waals surface area contributed by atoms with E-state index in [-0.39, 0.29) is 5.56 Å². The molecule has 2 N–H and O–H groups in total. The van der Waals surface area contributed by atoms with Gasteiger partial charge in [0.2, 0.25) is 0 Å². The molecular formula is C17H13N3O2. The maximum Gasteiger partial charge on any atom is 0.336 e. The predicted molar refractivity (Wildman–Crippen MR) is 86.4 cm³/mol. The number of anilines is 1. The fourth-order valence-corrected chi connectivity index (χ4v) is 2.10. The fraction of sp³-hybridized carbons (Fsp3) is 0. The molecule has 0 aliphatic heterocycles. The molecule has 1 aromatic heterocycles. The number of aromatic nitrogens is 1. The minimum atomic E-state index is -0.981. The van der Waals surface area contributed by atoms with Gasteiger partial charge in [-0.15, -0.1) is 0 Å². The molecule has 3 aromatic rings. The van der Waals surface area contributed by atoms with E-state index < -0.39 is 5.97 Å². The summed E-state index contributed by atoms with van der Waals surface area (Å²) in [6, 6.07) is 18.2. The number of carboxylic acids is 1. The van der Waals surface area contributed by atoms with Gasteiger partial charge >= 0.3 is 5.97 Å². The van der Waals surface area contributed by atoms with Crippen molar-refractivity contribution in [1.82, 2.24) is 4.98 Å². The van der Waals surface area contributed by atoms with Crippen LogP contribution in [0.4, 0.5) is 5.82 Å². The van der Waals surface area contributed by atoms with Gasteiger partial charge in [-0.3, -0.25) is 5.43 Å². The molecule has 108 valence electrons. The molecule has 0 fully saturated rings. The number of para-hydroxylation sites is 1. The number of hydrazone groups is 1. The summed E-state index contributed by atoms with van der Waals surface area (Å²) in [7, 11) is 0. The summed E-state index contributed by atoms with van der Waals surface area (Å²) in [5, 5.41) is 14.2. The summed E-state index contributed by atoms with van der Waals surface area (Å²) in [6.45, 7) is 0. The van der Waals surface area contributed by atoms with E-state index >= 15 is 0 Å².